The number of rotatable bonds is 10. The number of ether oxygens (including phenoxy) is 1. The predicted octanol–water partition coefficient (Wildman–Crippen LogP) is 2.44. The molecule has 1 atom stereocenters. The molecule has 1 aromatic rings. The molecule has 0 unspecified atom stereocenters. The summed E-state index contributed by atoms with van der Waals surface area (Å²) in [5.74, 6) is -1.17. The Kier molecular flexibility index (Phi) is 7.22. The normalized spacial score (nSPS) is 17.6. The Bertz CT molecular complexity index is 684. The Balaban J connectivity index is 2.09. The zero-order valence-corrected chi connectivity index (χ0v) is 15.3. The summed E-state index contributed by atoms with van der Waals surface area (Å²) in [5.41, 5.74) is 0.336. The molecule has 0 amide bonds. The Morgan fingerprint density at radius 1 is 1.36 bits per heavy atom. The largest absolute Gasteiger partial charge is 0.478 e. The summed E-state index contributed by atoms with van der Waals surface area (Å²) >= 11 is 0. The molecule has 0 spiro atoms. The minimum Gasteiger partial charge on any atom is -0.478 e. The van der Waals surface area contributed by atoms with Crippen LogP contribution in [0.4, 0.5) is 5.69 Å². The molecule has 1 saturated heterocycles. The molecule has 3 N–H and O–H groups in total. The number of unbranched alkanes of at least 4 members (excludes halogenated alkanes) is 2. The first kappa shape index (κ1) is 19.7. The molecular formula is C17H26N2O5S. The minimum atomic E-state index is -3.71. The second-order valence-corrected chi connectivity index (χ2v) is 7.90. The zero-order valence-electron chi connectivity index (χ0n) is 14.5. The van der Waals surface area contributed by atoms with Crippen LogP contribution in [0.25, 0.3) is 0 Å². The van der Waals surface area contributed by atoms with Gasteiger partial charge in [-0.15, -0.1) is 0 Å². The molecule has 0 aliphatic carbocycles. The summed E-state index contributed by atoms with van der Waals surface area (Å²) in [7, 11) is -3.71. The third-order valence-electron chi connectivity index (χ3n) is 4.15. The van der Waals surface area contributed by atoms with Crippen molar-refractivity contribution in [3.8, 4) is 0 Å². The van der Waals surface area contributed by atoms with Crippen LogP contribution < -0.4 is 10.0 Å². The number of hydrogen-bond donors (Lipinski definition) is 3. The lowest BCUT2D eigenvalue weighted by molar-refractivity contribution is 0.0697. The topological polar surface area (TPSA) is 105 Å². The van der Waals surface area contributed by atoms with E-state index in [1.807, 2.05) is 6.92 Å². The average Bonchev–Trinajstić information content (AvgIpc) is 3.10. The van der Waals surface area contributed by atoms with Gasteiger partial charge in [0.15, 0.2) is 0 Å². The van der Waals surface area contributed by atoms with E-state index in [2.05, 4.69) is 10.0 Å². The van der Waals surface area contributed by atoms with Crippen LogP contribution in [0, 0.1) is 0 Å². The number of carboxylic acid groups (broad SMARTS) is 1. The van der Waals surface area contributed by atoms with E-state index in [0.717, 1.165) is 38.7 Å². The highest BCUT2D eigenvalue weighted by molar-refractivity contribution is 7.89. The number of aromatic carboxylic acids is 1. The molecule has 1 aliphatic rings. The van der Waals surface area contributed by atoms with Crippen LogP contribution in [0.3, 0.4) is 0 Å². The first-order valence-electron chi connectivity index (χ1n) is 8.66. The van der Waals surface area contributed by atoms with Crippen molar-refractivity contribution in [2.45, 2.75) is 50.0 Å². The maximum Gasteiger partial charge on any atom is 0.337 e. The molecule has 2 rings (SSSR count). The summed E-state index contributed by atoms with van der Waals surface area (Å²) in [6.45, 7) is 3.61. The molecule has 8 heteroatoms. The monoisotopic (exact) mass is 370 g/mol. The molecule has 1 heterocycles. The molecule has 0 radical (unpaired) electrons. The van der Waals surface area contributed by atoms with E-state index >= 15 is 0 Å². The molecule has 140 valence electrons. The molecule has 0 bridgehead atoms. The van der Waals surface area contributed by atoms with Crippen LogP contribution in [-0.4, -0.2) is 45.3 Å². The summed E-state index contributed by atoms with van der Waals surface area (Å²) in [6, 6.07) is 4.12. The van der Waals surface area contributed by atoms with Gasteiger partial charge in [0.05, 0.1) is 16.6 Å². The summed E-state index contributed by atoms with van der Waals surface area (Å²) in [5, 5.41) is 12.5. The van der Waals surface area contributed by atoms with Crippen LogP contribution in [0.1, 0.15) is 49.4 Å². The van der Waals surface area contributed by atoms with Crippen LogP contribution in [0.2, 0.25) is 0 Å². The third kappa shape index (κ3) is 5.69. The van der Waals surface area contributed by atoms with Crippen molar-refractivity contribution in [1.82, 2.24) is 4.72 Å². The maximum atomic E-state index is 12.3. The number of sulfonamides is 1. The van der Waals surface area contributed by atoms with E-state index in [4.69, 9.17) is 4.74 Å². The Morgan fingerprint density at radius 3 is 2.80 bits per heavy atom. The smallest absolute Gasteiger partial charge is 0.337 e. The summed E-state index contributed by atoms with van der Waals surface area (Å²) in [6.07, 6.45) is 4.68. The fourth-order valence-corrected chi connectivity index (χ4v) is 3.82. The van der Waals surface area contributed by atoms with Crippen LogP contribution in [-0.2, 0) is 14.8 Å². The third-order valence-corrected chi connectivity index (χ3v) is 5.61. The molecule has 1 aromatic carbocycles. The summed E-state index contributed by atoms with van der Waals surface area (Å²) in [4.78, 5) is 11.5. The van der Waals surface area contributed by atoms with E-state index in [-0.39, 0.29) is 16.6 Å². The second kappa shape index (κ2) is 9.17. The Labute approximate surface area is 148 Å². The van der Waals surface area contributed by atoms with Gasteiger partial charge in [0.2, 0.25) is 10.0 Å². The lowest BCUT2D eigenvalue weighted by Gasteiger charge is -2.15. The molecule has 7 nitrogen and oxygen atoms in total. The molecule has 1 fully saturated rings. The van der Waals surface area contributed by atoms with E-state index in [1.165, 1.54) is 18.2 Å². The zero-order chi connectivity index (χ0) is 18.3. The minimum absolute atomic E-state index is 0.0379. The van der Waals surface area contributed by atoms with Gasteiger partial charge in [-0.25, -0.2) is 17.9 Å². The molecule has 25 heavy (non-hydrogen) atoms. The van der Waals surface area contributed by atoms with Crippen molar-refractivity contribution in [2.75, 3.05) is 25.0 Å². The lowest BCUT2D eigenvalue weighted by Crippen LogP contribution is -2.25. The van der Waals surface area contributed by atoms with Gasteiger partial charge in [-0.2, -0.15) is 0 Å². The van der Waals surface area contributed by atoms with Gasteiger partial charge in [-0.05, 0) is 37.5 Å². The van der Waals surface area contributed by atoms with Crippen molar-refractivity contribution >= 4 is 21.7 Å². The maximum absolute atomic E-state index is 12.3. The average molecular weight is 370 g/mol. The quantitative estimate of drug-likeness (QED) is 0.547. The van der Waals surface area contributed by atoms with Gasteiger partial charge >= 0.3 is 5.97 Å². The van der Waals surface area contributed by atoms with E-state index in [9.17, 15) is 18.3 Å². The number of hydrogen-bond acceptors (Lipinski definition) is 5. The second-order valence-electron chi connectivity index (χ2n) is 6.13. The summed E-state index contributed by atoms with van der Waals surface area (Å²) < 4.78 is 32.6. The van der Waals surface area contributed by atoms with Crippen molar-refractivity contribution in [3.05, 3.63) is 23.8 Å². The van der Waals surface area contributed by atoms with E-state index in [0.29, 0.717) is 18.8 Å². The number of carbonyl (C=O) groups is 1. The molecule has 0 aromatic heterocycles. The van der Waals surface area contributed by atoms with Crippen LogP contribution in [0.15, 0.2) is 23.1 Å². The Hall–Kier alpha value is -1.64. The highest BCUT2D eigenvalue weighted by Gasteiger charge is 2.20. The lowest BCUT2D eigenvalue weighted by atomic mass is 10.1. The van der Waals surface area contributed by atoms with Crippen molar-refractivity contribution in [1.29, 1.82) is 0 Å². The number of nitrogens with one attached hydrogen (secondary N) is 2. The highest BCUT2D eigenvalue weighted by Crippen LogP contribution is 2.22. The van der Waals surface area contributed by atoms with Gasteiger partial charge in [-0.3, -0.25) is 0 Å². The van der Waals surface area contributed by atoms with Gasteiger partial charge in [0, 0.05) is 25.4 Å². The van der Waals surface area contributed by atoms with Crippen LogP contribution >= 0.6 is 0 Å². The molecule has 0 saturated carbocycles. The van der Waals surface area contributed by atoms with Crippen molar-refractivity contribution in [3.63, 3.8) is 0 Å². The number of carboxylic acids is 1. The standard InChI is InChI=1S/C17H26N2O5S/c1-2-3-4-9-19-25(22,23)14-7-8-16(15(11-14)17(20)21)18-12-13-6-5-10-24-13/h7-8,11,13,18-19H,2-6,9-10,12H2,1H3,(H,20,21)/t13-/m1/s1. The van der Waals surface area contributed by atoms with Gasteiger partial charge in [-0.1, -0.05) is 19.8 Å². The fraction of sp³-hybridized carbons (Fsp3) is 0.588. The molecule has 1 aliphatic heterocycles. The first-order chi connectivity index (χ1) is 11.9. The van der Waals surface area contributed by atoms with Crippen molar-refractivity contribution in [2.24, 2.45) is 0 Å². The van der Waals surface area contributed by atoms with Gasteiger partial charge in [0.25, 0.3) is 0 Å². The van der Waals surface area contributed by atoms with Crippen LogP contribution in [0.5, 0.6) is 0 Å². The molecular weight excluding hydrogens is 344 g/mol. The predicted molar refractivity (Wildman–Crippen MR) is 95.6 cm³/mol. The van der Waals surface area contributed by atoms with E-state index in [1.54, 1.807) is 0 Å². The first-order valence-corrected chi connectivity index (χ1v) is 10.1. The number of anilines is 1. The fourth-order valence-electron chi connectivity index (χ4n) is 2.72. The number of benzene rings is 1. The van der Waals surface area contributed by atoms with Gasteiger partial charge < -0.3 is 15.2 Å². The van der Waals surface area contributed by atoms with Gasteiger partial charge in [0.1, 0.15) is 0 Å². The van der Waals surface area contributed by atoms with Crippen molar-refractivity contribution < 1.29 is 23.1 Å². The highest BCUT2D eigenvalue weighted by atomic mass is 32.2. The Morgan fingerprint density at radius 2 is 2.16 bits per heavy atom. The SMILES string of the molecule is CCCCCNS(=O)(=O)c1ccc(NC[C@H]2CCCO2)c(C(=O)O)c1. The van der Waals surface area contributed by atoms with E-state index < -0.39 is 16.0 Å².